The van der Waals surface area contributed by atoms with Gasteiger partial charge in [0.2, 0.25) is 0 Å². The molecule has 0 aliphatic heterocycles. The fourth-order valence-corrected chi connectivity index (χ4v) is 2.45. The standard InChI is InChI=1S/C13H15N3O2/c1-9-3-2-4-12(9)15-11-5-6-13(16(17)18)10(7-11)8-14/h5-7,9,12,15H,2-4H2,1H3. The van der Waals surface area contributed by atoms with Gasteiger partial charge in [-0.1, -0.05) is 13.3 Å². The number of hydrogen-bond acceptors (Lipinski definition) is 4. The quantitative estimate of drug-likeness (QED) is 0.655. The molecule has 0 aromatic heterocycles. The van der Waals surface area contributed by atoms with Crippen molar-refractivity contribution in [3.05, 3.63) is 33.9 Å². The van der Waals surface area contributed by atoms with Gasteiger partial charge in [-0.2, -0.15) is 5.26 Å². The molecular weight excluding hydrogens is 230 g/mol. The van der Waals surface area contributed by atoms with Crippen LogP contribution >= 0.6 is 0 Å². The van der Waals surface area contributed by atoms with E-state index in [4.69, 9.17) is 5.26 Å². The van der Waals surface area contributed by atoms with Crippen LogP contribution in [0.1, 0.15) is 31.7 Å². The Morgan fingerprint density at radius 2 is 2.28 bits per heavy atom. The highest BCUT2D eigenvalue weighted by Crippen LogP contribution is 2.29. The average molecular weight is 245 g/mol. The number of anilines is 1. The molecule has 2 unspecified atom stereocenters. The summed E-state index contributed by atoms with van der Waals surface area (Å²) in [4.78, 5) is 10.2. The van der Waals surface area contributed by atoms with Gasteiger partial charge in [0.05, 0.1) is 4.92 Å². The normalized spacial score (nSPS) is 22.4. The third-order valence-corrected chi connectivity index (χ3v) is 3.53. The summed E-state index contributed by atoms with van der Waals surface area (Å²) in [6.45, 7) is 2.20. The van der Waals surface area contributed by atoms with Gasteiger partial charge in [0.15, 0.2) is 0 Å². The molecule has 2 atom stereocenters. The van der Waals surface area contributed by atoms with Crippen LogP contribution in [0, 0.1) is 27.4 Å². The molecule has 5 nitrogen and oxygen atoms in total. The van der Waals surface area contributed by atoms with E-state index < -0.39 is 4.92 Å². The lowest BCUT2D eigenvalue weighted by Gasteiger charge is -2.18. The molecule has 2 rings (SSSR count). The van der Waals surface area contributed by atoms with Crippen LogP contribution in [-0.4, -0.2) is 11.0 Å². The number of nitriles is 1. The maximum atomic E-state index is 10.7. The zero-order valence-corrected chi connectivity index (χ0v) is 10.2. The Labute approximate surface area is 106 Å². The lowest BCUT2D eigenvalue weighted by molar-refractivity contribution is -0.385. The van der Waals surface area contributed by atoms with E-state index in [9.17, 15) is 10.1 Å². The van der Waals surface area contributed by atoms with Crippen LogP contribution in [0.4, 0.5) is 11.4 Å². The predicted octanol–water partition coefficient (Wildman–Crippen LogP) is 3.07. The Morgan fingerprint density at radius 3 is 2.83 bits per heavy atom. The fourth-order valence-electron chi connectivity index (χ4n) is 2.45. The molecule has 0 saturated heterocycles. The monoisotopic (exact) mass is 245 g/mol. The lowest BCUT2D eigenvalue weighted by Crippen LogP contribution is -2.21. The first-order valence-electron chi connectivity index (χ1n) is 6.07. The van der Waals surface area contributed by atoms with Crippen molar-refractivity contribution in [2.45, 2.75) is 32.2 Å². The zero-order chi connectivity index (χ0) is 13.1. The zero-order valence-electron chi connectivity index (χ0n) is 10.2. The van der Waals surface area contributed by atoms with Crippen molar-refractivity contribution in [3.63, 3.8) is 0 Å². The molecule has 0 bridgehead atoms. The fraction of sp³-hybridized carbons (Fsp3) is 0.462. The molecule has 5 heteroatoms. The van der Waals surface area contributed by atoms with E-state index in [1.54, 1.807) is 12.1 Å². The van der Waals surface area contributed by atoms with Crippen molar-refractivity contribution in [2.75, 3.05) is 5.32 Å². The molecule has 18 heavy (non-hydrogen) atoms. The first kappa shape index (κ1) is 12.4. The molecule has 0 heterocycles. The van der Waals surface area contributed by atoms with Gasteiger partial charge in [0, 0.05) is 17.8 Å². The highest BCUT2D eigenvalue weighted by atomic mass is 16.6. The minimum Gasteiger partial charge on any atom is -0.382 e. The van der Waals surface area contributed by atoms with Gasteiger partial charge < -0.3 is 5.32 Å². The Morgan fingerprint density at radius 1 is 1.50 bits per heavy atom. The van der Waals surface area contributed by atoms with Crippen molar-refractivity contribution in [2.24, 2.45) is 5.92 Å². The summed E-state index contributed by atoms with van der Waals surface area (Å²) in [5, 5.41) is 23.0. The van der Waals surface area contributed by atoms with E-state index in [0.717, 1.165) is 12.1 Å². The predicted molar refractivity (Wildman–Crippen MR) is 68.2 cm³/mol. The largest absolute Gasteiger partial charge is 0.382 e. The molecule has 1 aliphatic rings. The number of rotatable bonds is 3. The summed E-state index contributed by atoms with van der Waals surface area (Å²) < 4.78 is 0. The van der Waals surface area contributed by atoms with Crippen LogP contribution in [0.2, 0.25) is 0 Å². The Kier molecular flexibility index (Phi) is 3.47. The lowest BCUT2D eigenvalue weighted by atomic mass is 10.1. The average Bonchev–Trinajstić information content (AvgIpc) is 2.74. The molecular formula is C13H15N3O2. The Bertz CT molecular complexity index is 507. The number of nitro groups is 1. The van der Waals surface area contributed by atoms with E-state index >= 15 is 0 Å². The molecule has 0 spiro atoms. The minimum absolute atomic E-state index is 0.107. The van der Waals surface area contributed by atoms with Gasteiger partial charge >= 0.3 is 0 Å². The molecule has 0 amide bonds. The van der Waals surface area contributed by atoms with Crippen LogP contribution in [0.5, 0.6) is 0 Å². The van der Waals surface area contributed by atoms with Gasteiger partial charge in [0.1, 0.15) is 11.6 Å². The van der Waals surface area contributed by atoms with Gasteiger partial charge in [-0.05, 0) is 30.9 Å². The van der Waals surface area contributed by atoms with Crippen LogP contribution < -0.4 is 5.32 Å². The first-order valence-corrected chi connectivity index (χ1v) is 6.07. The summed E-state index contributed by atoms with van der Waals surface area (Å²) in [6, 6.07) is 6.89. The van der Waals surface area contributed by atoms with E-state index in [1.165, 1.54) is 18.9 Å². The number of nitrogens with one attached hydrogen (secondary N) is 1. The Hall–Kier alpha value is -2.09. The number of nitro benzene ring substituents is 1. The number of hydrogen-bond donors (Lipinski definition) is 1. The van der Waals surface area contributed by atoms with Gasteiger partial charge in [0.25, 0.3) is 5.69 Å². The van der Waals surface area contributed by atoms with Crippen LogP contribution in [0.15, 0.2) is 18.2 Å². The SMILES string of the molecule is CC1CCCC1Nc1ccc([N+](=O)[O-])c(C#N)c1. The van der Waals surface area contributed by atoms with Crippen molar-refractivity contribution >= 4 is 11.4 Å². The second kappa shape index (κ2) is 5.05. The number of nitrogens with zero attached hydrogens (tertiary/aromatic N) is 2. The van der Waals surface area contributed by atoms with Crippen LogP contribution in [0.25, 0.3) is 0 Å². The molecule has 0 radical (unpaired) electrons. The van der Waals surface area contributed by atoms with Crippen LogP contribution in [0.3, 0.4) is 0 Å². The van der Waals surface area contributed by atoms with E-state index in [2.05, 4.69) is 12.2 Å². The van der Waals surface area contributed by atoms with Crippen molar-refractivity contribution in [1.29, 1.82) is 5.26 Å². The van der Waals surface area contributed by atoms with Crippen molar-refractivity contribution in [1.82, 2.24) is 0 Å². The second-order valence-corrected chi connectivity index (χ2v) is 4.76. The Balaban J connectivity index is 2.20. The van der Waals surface area contributed by atoms with Gasteiger partial charge in [-0.3, -0.25) is 10.1 Å². The van der Waals surface area contributed by atoms with Gasteiger partial charge in [-0.15, -0.1) is 0 Å². The summed E-state index contributed by atoms with van der Waals surface area (Å²) in [7, 11) is 0. The molecule has 1 aromatic rings. The maximum Gasteiger partial charge on any atom is 0.287 e. The molecule has 1 aliphatic carbocycles. The smallest absolute Gasteiger partial charge is 0.287 e. The van der Waals surface area contributed by atoms with E-state index in [-0.39, 0.29) is 11.3 Å². The summed E-state index contributed by atoms with van der Waals surface area (Å²) >= 11 is 0. The van der Waals surface area contributed by atoms with Crippen LogP contribution in [-0.2, 0) is 0 Å². The molecule has 1 aromatic carbocycles. The topological polar surface area (TPSA) is 79.0 Å². The highest BCUT2D eigenvalue weighted by Gasteiger charge is 2.23. The minimum atomic E-state index is -0.527. The van der Waals surface area contributed by atoms with Crippen molar-refractivity contribution < 1.29 is 4.92 Å². The van der Waals surface area contributed by atoms with E-state index in [1.807, 2.05) is 6.07 Å². The van der Waals surface area contributed by atoms with Crippen molar-refractivity contribution in [3.8, 4) is 6.07 Å². The molecule has 94 valence electrons. The molecule has 1 fully saturated rings. The second-order valence-electron chi connectivity index (χ2n) is 4.76. The summed E-state index contributed by atoms with van der Waals surface area (Å²) in [5.41, 5.74) is 0.758. The highest BCUT2D eigenvalue weighted by molar-refractivity contribution is 5.59. The van der Waals surface area contributed by atoms with E-state index in [0.29, 0.717) is 12.0 Å². The third-order valence-electron chi connectivity index (χ3n) is 3.53. The molecule has 1 saturated carbocycles. The summed E-state index contributed by atoms with van der Waals surface area (Å²) in [6.07, 6.45) is 3.52. The molecule has 1 N–H and O–H groups in total. The third kappa shape index (κ3) is 2.43. The maximum absolute atomic E-state index is 10.7. The first-order chi connectivity index (χ1) is 8.61. The number of benzene rings is 1. The van der Waals surface area contributed by atoms with Gasteiger partial charge in [-0.25, -0.2) is 0 Å². The summed E-state index contributed by atoms with van der Waals surface area (Å²) in [5.74, 6) is 0.603.